The molecule has 1 rings (SSSR count). The van der Waals surface area contributed by atoms with Crippen LogP contribution in [0.4, 0.5) is 4.79 Å². The molecule has 0 saturated carbocycles. The molecule has 7 heteroatoms. The van der Waals surface area contributed by atoms with E-state index in [2.05, 4.69) is 11.6 Å². The second-order valence-electron chi connectivity index (χ2n) is 4.11. The van der Waals surface area contributed by atoms with Gasteiger partial charge in [0, 0.05) is 12.3 Å². The van der Waals surface area contributed by atoms with E-state index in [0.29, 0.717) is 18.2 Å². The van der Waals surface area contributed by atoms with E-state index in [9.17, 15) is 9.59 Å². The van der Waals surface area contributed by atoms with Crippen LogP contribution in [0.5, 0.6) is 0 Å². The first kappa shape index (κ1) is 15.5. The van der Waals surface area contributed by atoms with Crippen molar-refractivity contribution >= 4 is 35.5 Å². The van der Waals surface area contributed by atoms with Crippen molar-refractivity contribution in [3.8, 4) is 0 Å². The number of nitrogens with zero attached hydrogens (tertiary/aromatic N) is 1. The quantitative estimate of drug-likeness (QED) is 0.699. The highest BCUT2D eigenvalue weighted by molar-refractivity contribution is 7.99. The molecule has 5 nitrogen and oxygen atoms in total. The number of aliphatic carboxylic acids is 1. The van der Waals surface area contributed by atoms with Crippen molar-refractivity contribution in [3.05, 3.63) is 0 Å². The lowest BCUT2D eigenvalue weighted by atomic mass is 10.2. The molecule has 0 bridgehead atoms. The van der Waals surface area contributed by atoms with Gasteiger partial charge in [0.05, 0.1) is 5.88 Å². The number of nitrogens with one attached hydrogen (secondary N) is 1. The van der Waals surface area contributed by atoms with Gasteiger partial charge in [0.15, 0.2) is 0 Å². The highest BCUT2D eigenvalue weighted by atomic mass is 32.2. The summed E-state index contributed by atoms with van der Waals surface area (Å²) in [4.78, 5) is 24.1. The van der Waals surface area contributed by atoms with Crippen LogP contribution in [0.2, 0.25) is 0 Å². The molecule has 0 aromatic rings. The Kier molecular flexibility index (Phi) is 7.34. The maximum Gasteiger partial charge on any atom is 0.327 e. The standard InChI is InChI=1S/C11H20N2O3S2/c1-17-6-4-2-3-5-12-11(16)13-8-18-7-9(13)10(14)15/h9H,2-8H2,1H3,(H,12,16)(H,14,15)/t9-/m0/s1. The monoisotopic (exact) mass is 292 g/mol. The van der Waals surface area contributed by atoms with Crippen molar-refractivity contribution in [2.24, 2.45) is 0 Å². The number of carboxylic acids is 1. The van der Waals surface area contributed by atoms with Crippen LogP contribution >= 0.6 is 23.5 Å². The van der Waals surface area contributed by atoms with Gasteiger partial charge < -0.3 is 15.3 Å². The molecule has 1 fully saturated rings. The van der Waals surface area contributed by atoms with Crippen LogP contribution < -0.4 is 5.32 Å². The molecule has 0 unspecified atom stereocenters. The van der Waals surface area contributed by atoms with Crippen molar-refractivity contribution in [3.63, 3.8) is 0 Å². The van der Waals surface area contributed by atoms with E-state index in [1.807, 2.05) is 11.8 Å². The van der Waals surface area contributed by atoms with Gasteiger partial charge in [-0.25, -0.2) is 9.59 Å². The molecule has 0 radical (unpaired) electrons. The van der Waals surface area contributed by atoms with E-state index in [1.54, 1.807) is 0 Å². The van der Waals surface area contributed by atoms with E-state index in [1.165, 1.54) is 16.7 Å². The molecule has 0 aromatic carbocycles. The summed E-state index contributed by atoms with van der Waals surface area (Å²) in [5.41, 5.74) is 0. The third-order valence-corrected chi connectivity index (χ3v) is 4.44. The Bertz CT molecular complexity index is 289. The van der Waals surface area contributed by atoms with E-state index in [0.717, 1.165) is 25.0 Å². The maximum atomic E-state index is 11.8. The number of amides is 2. The fourth-order valence-corrected chi connectivity index (χ4v) is 3.33. The zero-order valence-electron chi connectivity index (χ0n) is 10.6. The van der Waals surface area contributed by atoms with Crippen molar-refractivity contribution in [2.75, 3.05) is 30.2 Å². The molecule has 104 valence electrons. The summed E-state index contributed by atoms with van der Waals surface area (Å²) >= 11 is 3.31. The summed E-state index contributed by atoms with van der Waals surface area (Å²) in [6.45, 7) is 0.626. The van der Waals surface area contributed by atoms with E-state index >= 15 is 0 Å². The molecule has 0 spiro atoms. The maximum absolute atomic E-state index is 11.8. The third kappa shape index (κ3) is 4.97. The Balaban J connectivity index is 2.18. The number of hydrogen-bond donors (Lipinski definition) is 2. The fraction of sp³-hybridized carbons (Fsp3) is 0.818. The number of thioether (sulfide) groups is 2. The lowest BCUT2D eigenvalue weighted by Gasteiger charge is -2.20. The molecule has 1 atom stereocenters. The molecular formula is C11H20N2O3S2. The van der Waals surface area contributed by atoms with Crippen molar-refractivity contribution < 1.29 is 14.7 Å². The Morgan fingerprint density at radius 1 is 1.44 bits per heavy atom. The average molecular weight is 292 g/mol. The number of carbonyl (C=O) groups excluding carboxylic acids is 1. The van der Waals surface area contributed by atoms with Crippen LogP contribution in [-0.4, -0.2) is 58.2 Å². The van der Waals surface area contributed by atoms with Crippen molar-refractivity contribution in [2.45, 2.75) is 25.3 Å². The second-order valence-corrected chi connectivity index (χ2v) is 6.09. The highest BCUT2D eigenvalue weighted by Crippen LogP contribution is 2.20. The van der Waals surface area contributed by atoms with Crippen LogP contribution in [0.3, 0.4) is 0 Å². The predicted octanol–water partition coefficient (Wildman–Crippen LogP) is 1.69. The summed E-state index contributed by atoms with van der Waals surface area (Å²) in [5, 5.41) is 11.8. The highest BCUT2D eigenvalue weighted by Gasteiger charge is 2.34. The molecule has 1 heterocycles. The molecule has 0 aliphatic carbocycles. The van der Waals surface area contributed by atoms with Crippen LogP contribution in [0.15, 0.2) is 0 Å². The summed E-state index contributed by atoms with van der Waals surface area (Å²) in [7, 11) is 0. The predicted molar refractivity (Wildman–Crippen MR) is 76.2 cm³/mol. The molecule has 2 N–H and O–H groups in total. The SMILES string of the molecule is CSCCCCCNC(=O)N1CSC[C@H]1C(=O)O. The van der Waals surface area contributed by atoms with Gasteiger partial charge in [0.25, 0.3) is 0 Å². The van der Waals surface area contributed by atoms with Crippen LogP contribution in [0.25, 0.3) is 0 Å². The van der Waals surface area contributed by atoms with Gasteiger partial charge >= 0.3 is 12.0 Å². The zero-order valence-corrected chi connectivity index (χ0v) is 12.2. The van der Waals surface area contributed by atoms with E-state index < -0.39 is 12.0 Å². The normalized spacial score (nSPS) is 18.9. The fourth-order valence-electron chi connectivity index (χ4n) is 1.69. The first-order valence-corrected chi connectivity index (χ1v) is 8.55. The number of rotatable bonds is 7. The van der Waals surface area contributed by atoms with Gasteiger partial charge in [-0.15, -0.1) is 11.8 Å². The molecule has 18 heavy (non-hydrogen) atoms. The molecule has 2 amide bonds. The Labute approximate surface area is 116 Å². The van der Waals surface area contributed by atoms with Gasteiger partial charge in [-0.3, -0.25) is 0 Å². The number of carboxylic acid groups (broad SMARTS) is 1. The summed E-state index contributed by atoms with van der Waals surface area (Å²) < 4.78 is 0. The lowest BCUT2D eigenvalue weighted by Crippen LogP contribution is -2.47. The largest absolute Gasteiger partial charge is 0.480 e. The molecule has 0 aromatic heterocycles. The molecule has 1 aliphatic heterocycles. The van der Waals surface area contributed by atoms with Gasteiger partial charge in [0.1, 0.15) is 6.04 Å². The second kappa shape index (κ2) is 8.53. The number of hydrogen-bond acceptors (Lipinski definition) is 4. The first-order valence-electron chi connectivity index (χ1n) is 6.00. The Hall–Kier alpha value is -0.560. The smallest absolute Gasteiger partial charge is 0.327 e. The summed E-state index contributed by atoms with van der Waals surface area (Å²) in [5.74, 6) is 1.18. The zero-order chi connectivity index (χ0) is 13.4. The Morgan fingerprint density at radius 3 is 2.89 bits per heavy atom. The number of unbranched alkanes of at least 4 members (excludes halogenated alkanes) is 2. The lowest BCUT2D eigenvalue weighted by molar-refractivity contribution is -0.140. The number of carbonyl (C=O) groups is 2. The molecule has 1 aliphatic rings. The van der Waals surface area contributed by atoms with Crippen LogP contribution in [-0.2, 0) is 4.79 Å². The van der Waals surface area contributed by atoms with Crippen molar-refractivity contribution in [1.29, 1.82) is 0 Å². The van der Waals surface area contributed by atoms with Crippen LogP contribution in [0, 0.1) is 0 Å². The Morgan fingerprint density at radius 2 is 2.22 bits per heavy atom. The first-order chi connectivity index (χ1) is 8.66. The molecule has 1 saturated heterocycles. The summed E-state index contributed by atoms with van der Waals surface area (Å²) in [6.07, 6.45) is 5.29. The van der Waals surface area contributed by atoms with Gasteiger partial charge in [-0.1, -0.05) is 6.42 Å². The average Bonchev–Trinajstić information content (AvgIpc) is 2.82. The van der Waals surface area contributed by atoms with E-state index in [4.69, 9.17) is 5.11 Å². The topological polar surface area (TPSA) is 69.6 Å². The minimum Gasteiger partial charge on any atom is -0.480 e. The van der Waals surface area contributed by atoms with E-state index in [-0.39, 0.29) is 6.03 Å². The third-order valence-electron chi connectivity index (χ3n) is 2.73. The molecular weight excluding hydrogens is 272 g/mol. The van der Waals surface area contributed by atoms with Crippen molar-refractivity contribution in [1.82, 2.24) is 10.2 Å². The minimum atomic E-state index is -0.921. The number of urea groups is 1. The minimum absolute atomic E-state index is 0.253. The summed E-state index contributed by atoms with van der Waals surface area (Å²) in [6, 6.07) is -0.927. The van der Waals surface area contributed by atoms with Gasteiger partial charge in [0.2, 0.25) is 0 Å². The van der Waals surface area contributed by atoms with Crippen LogP contribution in [0.1, 0.15) is 19.3 Å². The van der Waals surface area contributed by atoms with Gasteiger partial charge in [-0.2, -0.15) is 11.8 Å². The van der Waals surface area contributed by atoms with Gasteiger partial charge in [-0.05, 0) is 24.9 Å².